The maximum absolute atomic E-state index is 12.7. The van der Waals surface area contributed by atoms with Crippen LogP contribution in [0, 0.1) is 11.8 Å². The molecule has 1 aliphatic rings. The van der Waals surface area contributed by atoms with E-state index in [1.165, 1.54) is 11.1 Å². The van der Waals surface area contributed by atoms with Crippen LogP contribution in [0.5, 0.6) is 0 Å². The number of amides is 1. The van der Waals surface area contributed by atoms with Crippen molar-refractivity contribution in [1.82, 2.24) is 34.2 Å². The van der Waals surface area contributed by atoms with Gasteiger partial charge in [-0.2, -0.15) is 10.1 Å². The number of carbonyl (C=O) groups is 1. The van der Waals surface area contributed by atoms with Crippen LogP contribution in [0.25, 0.3) is 16.7 Å². The number of aromatic nitrogens is 6. The Morgan fingerprint density at radius 3 is 2.94 bits per heavy atom. The van der Waals surface area contributed by atoms with E-state index in [0.717, 1.165) is 0 Å². The van der Waals surface area contributed by atoms with Crippen molar-refractivity contribution in [2.24, 2.45) is 0 Å². The summed E-state index contributed by atoms with van der Waals surface area (Å²) in [4.78, 5) is 26.4. The third-order valence-electron chi connectivity index (χ3n) is 5.43. The number of fused-ring (bicyclic) bond motifs is 2. The first kappa shape index (κ1) is 19.7. The van der Waals surface area contributed by atoms with E-state index in [2.05, 4.69) is 31.9 Å². The number of benzene rings is 1. The molecule has 32 heavy (non-hydrogen) atoms. The molecule has 0 fully saturated rings. The van der Waals surface area contributed by atoms with Crippen LogP contribution in [0.15, 0.2) is 43.0 Å². The van der Waals surface area contributed by atoms with Gasteiger partial charge in [0, 0.05) is 50.3 Å². The van der Waals surface area contributed by atoms with Gasteiger partial charge in [-0.25, -0.2) is 14.6 Å². The quantitative estimate of drug-likeness (QED) is 0.455. The van der Waals surface area contributed by atoms with Crippen LogP contribution in [0.2, 0.25) is 0 Å². The van der Waals surface area contributed by atoms with Crippen molar-refractivity contribution in [2.45, 2.75) is 18.6 Å². The van der Waals surface area contributed by atoms with Gasteiger partial charge in [-0.05, 0) is 18.2 Å². The fraction of sp³-hybridized carbons (Fsp3) is 0.227. The molecule has 1 atom stereocenters. The van der Waals surface area contributed by atoms with E-state index in [0.29, 0.717) is 46.6 Å². The summed E-state index contributed by atoms with van der Waals surface area (Å²) < 4.78 is 3.44. The first-order chi connectivity index (χ1) is 15.4. The Hall–Kier alpha value is -4.23. The molecule has 0 spiro atoms. The molecule has 3 aromatic heterocycles. The van der Waals surface area contributed by atoms with Crippen molar-refractivity contribution >= 4 is 22.8 Å². The summed E-state index contributed by atoms with van der Waals surface area (Å²) in [5.41, 5.74) is 6.78. The Balaban J connectivity index is 1.64. The second-order valence-corrected chi connectivity index (χ2v) is 7.80. The van der Waals surface area contributed by atoms with Gasteiger partial charge < -0.3 is 20.3 Å². The molecule has 0 saturated heterocycles. The molecule has 0 bridgehead atoms. The number of imidazole rings is 1. The topological polar surface area (TPSA) is 128 Å². The van der Waals surface area contributed by atoms with Crippen LogP contribution in [0.4, 0.5) is 5.95 Å². The van der Waals surface area contributed by atoms with Gasteiger partial charge in [-0.15, -0.1) is 0 Å². The normalized spacial score (nSPS) is 17.1. The standard InChI is InChI=1S/C22H20N8O2/c1-28(2)20(31)19-15-4-3-14(5-7-22(32)8-10-29-13-24-12-17(22)29)11-16(15)30(27-19)18-6-9-25-21(23)26-18/h3-4,6,9,11-13,32H,8,10H2,1-2H3,(H2,23,25,26). The molecular weight excluding hydrogens is 408 g/mol. The summed E-state index contributed by atoms with van der Waals surface area (Å²) in [5, 5.41) is 16.1. The molecule has 0 saturated carbocycles. The zero-order valence-corrected chi connectivity index (χ0v) is 17.5. The predicted octanol–water partition coefficient (Wildman–Crippen LogP) is 0.939. The lowest BCUT2D eigenvalue weighted by Crippen LogP contribution is -2.22. The first-order valence-electron chi connectivity index (χ1n) is 9.95. The van der Waals surface area contributed by atoms with E-state index in [1.54, 1.807) is 49.5 Å². The summed E-state index contributed by atoms with van der Waals surface area (Å²) in [5.74, 6) is 6.36. The molecule has 160 valence electrons. The van der Waals surface area contributed by atoms with Crippen molar-refractivity contribution in [3.05, 3.63) is 59.9 Å². The highest BCUT2D eigenvalue weighted by Gasteiger charge is 2.35. The average molecular weight is 428 g/mol. The van der Waals surface area contributed by atoms with Crippen LogP contribution < -0.4 is 5.73 Å². The van der Waals surface area contributed by atoms with Gasteiger partial charge in [0.1, 0.15) is 0 Å². The number of nitrogen functional groups attached to an aromatic ring is 1. The zero-order valence-electron chi connectivity index (χ0n) is 17.5. The van der Waals surface area contributed by atoms with Crippen LogP contribution in [0.1, 0.15) is 28.2 Å². The number of nitrogens with zero attached hydrogens (tertiary/aromatic N) is 7. The van der Waals surface area contributed by atoms with Crippen LogP contribution in [-0.4, -0.2) is 59.3 Å². The zero-order chi connectivity index (χ0) is 22.5. The van der Waals surface area contributed by atoms with Crippen molar-refractivity contribution < 1.29 is 9.90 Å². The lowest BCUT2D eigenvalue weighted by molar-refractivity contribution is 0.0823. The van der Waals surface area contributed by atoms with E-state index in [-0.39, 0.29) is 11.9 Å². The molecule has 3 N–H and O–H groups in total. The third-order valence-corrected chi connectivity index (χ3v) is 5.43. The Morgan fingerprint density at radius 1 is 1.31 bits per heavy atom. The number of carbonyl (C=O) groups excluding carboxylic acids is 1. The first-order valence-corrected chi connectivity index (χ1v) is 9.95. The summed E-state index contributed by atoms with van der Waals surface area (Å²) in [6.07, 6.45) is 5.36. The molecule has 1 aromatic carbocycles. The highest BCUT2D eigenvalue weighted by molar-refractivity contribution is 6.05. The van der Waals surface area contributed by atoms with Crippen molar-refractivity contribution in [3.63, 3.8) is 0 Å². The fourth-order valence-electron chi connectivity index (χ4n) is 3.77. The van der Waals surface area contributed by atoms with Gasteiger partial charge in [-0.1, -0.05) is 11.8 Å². The number of anilines is 1. The van der Waals surface area contributed by atoms with E-state index >= 15 is 0 Å². The number of aliphatic hydroxyl groups is 1. The molecule has 1 unspecified atom stereocenters. The molecule has 1 aliphatic heterocycles. The summed E-state index contributed by atoms with van der Waals surface area (Å²) in [7, 11) is 3.34. The second kappa shape index (κ2) is 7.18. The third kappa shape index (κ3) is 3.16. The van der Waals surface area contributed by atoms with Crippen LogP contribution in [0.3, 0.4) is 0 Å². The molecule has 0 radical (unpaired) electrons. The monoisotopic (exact) mass is 428 g/mol. The Labute approximate surface area is 183 Å². The van der Waals surface area contributed by atoms with Crippen LogP contribution in [-0.2, 0) is 12.1 Å². The molecule has 10 nitrogen and oxygen atoms in total. The number of hydrogen-bond acceptors (Lipinski definition) is 7. The van der Waals surface area contributed by atoms with Gasteiger partial charge in [0.25, 0.3) is 5.91 Å². The maximum atomic E-state index is 12.7. The second-order valence-electron chi connectivity index (χ2n) is 7.80. The van der Waals surface area contributed by atoms with E-state index in [1.807, 2.05) is 10.6 Å². The molecule has 4 heterocycles. The predicted molar refractivity (Wildman–Crippen MR) is 117 cm³/mol. The highest BCUT2D eigenvalue weighted by atomic mass is 16.3. The molecule has 10 heteroatoms. The van der Waals surface area contributed by atoms with Crippen molar-refractivity contribution in [1.29, 1.82) is 0 Å². The number of rotatable bonds is 2. The average Bonchev–Trinajstić information content (AvgIpc) is 3.47. The largest absolute Gasteiger partial charge is 0.372 e. The maximum Gasteiger partial charge on any atom is 0.274 e. The molecule has 0 aliphatic carbocycles. The minimum absolute atomic E-state index is 0.0997. The number of hydrogen-bond donors (Lipinski definition) is 2. The Kier molecular flexibility index (Phi) is 4.42. The molecular formula is C22H20N8O2. The number of nitrogens with two attached hydrogens (primary N) is 1. The van der Waals surface area contributed by atoms with Crippen LogP contribution >= 0.6 is 0 Å². The molecule has 5 rings (SSSR count). The van der Waals surface area contributed by atoms with E-state index in [4.69, 9.17) is 5.73 Å². The summed E-state index contributed by atoms with van der Waals surface area (Å²) >= 11 is 0. The SMILES string of the molecule is CN(C)C(=O)c1nn(-c2ccnc(N)n2)c2cc(C#CC3(O)CCn4cncc43)ccc12. The smallest absolute Gasteiger partial charge is 0.274 e. The number of aryl methyl sites for hydroxylation is 1. The molecule has 4 aromatic rings. The summed E-state index contributed by atoms with van der Waals surface area (Å²) in [6, 6.07) is 7.08. The van der Waals surface area contributed by atoms with E-state index < -0.39 is 5.60 Å². The lowest BCUT2D eigenvalue weighted by Gasteiger charge is -2.13. The van der Waals surface area contributed by atoms with Gasteiger partial charge in [0.2, 0.25) is 5.95 Å². The minimum Gasteiger partial charge on any atom is -0.372 e. The van der Waals surface area contributed by atoms with E-state index in [9.17, 15) is 9.90 Å². The van der Waals surface area contributed by atoms with Gasteiger partial charge in [0.05, 0.1) is 23.7 Å². The van der Waals surface area contributed by atoms with Gasteiger partial charge in [0.15, 0.2) is 17.1 Å². The Bertz CT molecular complexity index is 1420. The fourth-order valence-corrected chi connectivity index (χ4v) is 3.77. The minimum atomic E-state index is -1.25. The lowest BCUT2D eigenvalue weighted by atomic mass is 9.99. The van der Waals surface area contributed by atoms with Crippen molar-refractivity contribution in [3.8, 4) is 17.7 Å². The van der Waals surface area contributed by atoms with Gasteiger partial charge in [-0.3, -0.25) is 4.79 Å². The highest BCUT2D eigenvalue weighted by Crippen LogP contribution is 2.31. The summed E-state index contributed by atoms with van der Waals surface area (Å²) in [6.45, 7) is 0.664. The molecule has 1 amide bonds. The van der Waals surface area contributed by atoms with Crippen molar-refractivity contribution in [2.75, 3.05) is 19.8 Å². The Morgan fingerprint density at radius 2 is 2.16 bits per heavy atom. The van der Waals surface area contributed by atoms with Gasteiger partial charge >= 0.3 is 0 Å².